The smallest absolute Gasteiger partial charge is 0.267 e. The summed E-state index contributed by atoms with van der Waals surface area (Å²) in [6.07, 6.45) is 8.78. The Morgan fingerprint density at radius 2 is 1.93 bits per heavy atom. The first kappa shape index (κ1) is 27.6. The Kier molecular flexibility index (Phi) is 8.11. The predicted molar refractivity (Wildman–Crippen MR) is 163 cm³/mol. The molecular weight excluding hydrogens is 514 g/mol. The van der Waals surface area contributed by atoms with E-state index in [0.717, 1.165) is 12.8 Å². The summed E-state index contributed by atoms with van der Waals surface area (Å²) in [7, 11) is 1.65. The van der Waals surface area contributed by atoms with E-state index in [4.69, 9.17) is 10.7 Å². The first-order valence-corrected chi connectivity index (χ1v) is 13.8. The molecule has 1 unspecified atom stereocenters. The van der Waals surface area contributed by atoms with Crippen molar-refractivity contribution >= 4 is 34.7 Å². The van der Waals surface area contributed by atoms with Gasteiger partial charge >= 0.3 is 0 Å². The number of para-hydroxylation sites is 1. The summed E-state index contributed by atoms with van der Waals surface area (Å²) in [6.45, 7) is 5.40. The van der Waals surface area contributed by atoms with Gasteiger partial charge < -0.3 is 11.1 Å². The van der Waals surface area contributed by atoms with Crippen molar-refractivity contribution in [3.63, 3.8) is 0 Å². The molecule has 2 aromatic heterocycles. The number of nitrogens with zero attached hydrogens (tertiary/aromatic N) is 5. The zero-order chi connectivity index (χ0) is 28.9. The molecule has 41 heavy (non-hydrogen) atoms. The number of allylic oxidation sites excluding steroid dienone is 1. The van der Waals surface area contributed by atoms with Crippen molar-refractivity contribution in [2.24, 2.45) is 18.0 Å². The number of hydrogen-bond acceptors (Lipinski definition) is 6. The van der Waals surface area contributed by atoms with Crippen molar-refractivity contribution in [1.82, 2.24) is 24.6 Å². The van der Waals surface area contributed by atoms with Crippen LogP contribution in [0, 0.1) is 17.8 Å². The van der Waals surface area contributed by atoms with Crippen LogP contribution in [-0.4, -0.2) is 31.5 Å². The van der Waals surface area contributed by atoms with E-state index in [1.165, 1.54) is 36.2 Å². The lowest BCUT2D eigenvalue weighted by Gasteiger charge is -2.20. The van der Waals surface area contributed by atoms with E-state index >= 15 is 0 Å². The summed E-state index contributed by atoms with van der Waals surface area (Å²) in [6, 6.07) is 14.1. The number of aromatic nitrogens is 4. The van der Waals surface area contributed by atoms with Crippen LogP contribution in [0.1, 0.15) is 66.8 Å². The number of carbonyl (C=O) groups excluding carboxylic acids is 1. The normalized spacial score (nSPS) is 14.5. The molecule has 1 atom stereocenters. The largest absolute Gasteiger partial charge is 0.381 e. The summed E-state index contributed by atoms with van der Waals surface area (Å²) < 4.78 is 2.97. The van der Waals surface area contributed by atoms with Crippen LogP contribution in [0.5, 0.6) is 0 Å². The van der Waals surface area contributed by atoms with Crippen molar-refractivity contribution in [1.29, 1.82) is 0 Å². The maximum Gasteiger partial charge on any atom is 0.267 e. The molecule has 4 aromatic rings. The Bertz CT molecular complexity index is 1750. The summed E-state index contributed by atoms with van der Waals surface area (Å²) in [5.41, 5.74) is 7.77. The highest BCUT2D eigenvalue weighted by Gasteiger charge is 2.25. The number of anilines is 1. The fourth-order valence-corrected chi connectivity index (χ4v) is 5.25. The van der Waals surface area contributed by atoms with Crippen LogP contribution in [0.4, 0.5) is 11.6 Å². The lowest BCUT2D eigenvalue weighted by molar-refractivity contribution is 0.0939. The van der Waals surface area contributed by atoms with Crippen LogP contribution < -0.4 is 16.6 Å². The number of rotatable bonds is 6. The van der Waals surface area contributed by atoms with Crippen LogP contribution in [0.3, 0.4) is 0 Å². The molecule has 1 fully saturated rings. The van der Waals surface area contributed by atoms with E-state index in [0.29, 0.717) is 39.7 Å². The van der Waals surface area contributed by atoms with E-state index in [2.05, 4.69) is 33.8 Å². The molecule has 0 spiro atoms. The van der Waals surface area contributed by atoms with Crippen LogP contribution in [0.2, 0.25) is 0 Å². The average molecular weight is 548 g/mol. The van der Waals surface area contributed by atoms with E-state index in [1.54, 1.807) is 24.6 Å². The highest BCUT2D eigenvalue weighted by molar-refractivity contribution is 6.03. The minimum Gasteiger partial charge on any atom is -0.381 e. The monoisotopic (exact) mass is 547 g/mol. The van der Waals surface area contributed by atoms with Gasteiger partial charge in [0.1, 0.15) is 11.4 Å². The Labute approximate surface area is 238 Å². The number of aliphatic imine (C=N–C) groups is 1. The van der Waals surface area contributed by atoms with E-state index in [1.807, 2.05) is 42.5 Å². The average Bonchev–Trinajstić information content (AvgIpc) is 3.27. The number of nitrogen functional groups attached to an aromatic ring is 1. The zero-order valence-electron chi connectivity index (χ0n) is 23.3. The van der Waals surface area contributed by atoms with E-state index < -0.39 is 11.9 Å². The Hall–Kier alpha value is -4.97. The Balaban J connectivity index is 1.60. The van der Waals surface area contributed by atoms with Crippen molar-refractivity contribution in [3.05, 3.63) is 88.5 Å². The second-order valence-electron chi connectivity index (χ2n) is 10.2. The van der Waals surface area contributed by atoms with Gasteiger partial charge in [0.2, 0.25) is 0 Å². The number of fused-ring (bicyclic) bond motifs is 1. The molecule has 5 rings (SSSR count). The number of amides is 1. The molecule has 0 radical (unpaired) electrons. The minimum absolute atomic E-state index is 0.0431. The van der Waals surface area contributed by atoms with Gasteiger partial charge in [-0.1, -0.05) is 68.0 Å². The molecule has 1 amide bonds. The number of nitrogens with one attached hydrogen (secondary N) is 1. The van der Waals surface area contributed by atoms with Gasteiger partial charge in [-0.15, -0.1) is 0 Å². The minimum atomic E-state index is -0.673. The standard InChI is InChI=1S/C32H33N7O2/c1-4-20-34-30-27(28(33)37-38(30)3)31(40)35-21(2)29-36-25-17-11-14-23(19-18-22-12-7-5-8-13-22)26(25)32(41)39(29)24-15-9-6-10-16-24/h4,6,9-11,14-17,20-22H,1,5,7-8,12-13H2,2-3H3,(H2,33,37)(H,35,40)/b34-20-. The highest BCUT2D eigenvalue weighted by atomic mass is 16.2. The van der Waals surface area contributed by atoms with E-state index in [9.17, 15) is 9.59 Å². The third kappa shape index (κ3) is 5.68. The number of hydrogen-bond donors (Lipinski definition) is 2. The molecule has 1 aliphatic carbocycles. The number of benzene rings is 2. The molecule has 2 heterocycles. The van der Waals surface area contributed by atoms with Gasteiger partial charge in [0.15, 0.2) is 11.6 Å². The Morgan fingerprint density at radius 1 is 1.17 bits per heavy atom. The lowest BCUT2D eigenvalue weighted by Crippen LogP contribution is -2.33. The van der Waals surface area contributed by atoms with Gasteiger partial charge in [-0.05, 0) is 44.0 Å². The maximum atomic E-state index is 14.2. The predicted octanol–water partition coefficient (Wildman–Crippen LogP) is 5.01. The number of carbonyl (C=O) groups is 1. The first-order chi connectivity index (χ1) is 19.9. The fraction of sp³-hybridized carbons (Fsp3) is 0.281. The number of nitrogens with two attached hydrogens (primary N) is 1. The van der Waals surface area contributed by atoms with Gasteiger partial charge in [0.25, 0.3) is 11.5 Å². The van der Waals surface area contributed by atoms with Crippen LogP contribution >= 0.6 is 0 Å². The molecule has 0 aliphatic heterocycles. The van der Waals surface area contributed by atoms with Crippen LogP contribution in [0.25, 0.3) is 16.6 Å². The Morgan fingerprint density at radius 3 is 2.66 bits per heavy atom. The van der Waals surface area contributed by atoms with Crippen molar-refractivity contribution < 1.29 is 4.79 Å². The zero-order valence-corrected chi connectivity index (χ0v) is 23.3. The molecule has 9 nitrogen and oxygen atoms in total. The summed E-state index contributed by atoms with van der Waals surface area (Å²) in [5.74, 6) is 7.27. The molecular formula is C32H33N7O2. The second-order valence-corrected chi connectivity index (χ2v) is 10.2. The summed E-state index contributed by atoms with van der Waals surface area (Å²) in [5, 5.41) is 7.55. The van der Waals surface area contributed by atoms with Crippen LogP contribution in [-0.2, 0) is 7.05 Å². The second kappa shape index (κ2) is 12.0. The first-order valence-electron chi connectivity index (χ1n) is 13.8. The summed E-state index contributed by atoms with van der Waals surface area (Å²) in [4.78, 5) is 36.8. The summed E-state index contributed by atoms with van der Waals surface area (Å²) >= 11 is 0. The van der Waals surface area contributed by atoms with Gasteiger partial charge in [0, 0.05) is 24.7 Å². The van der Waals surface area contributed by atoms with E-state index in [-0.39, 0.29) is 16.9 Å². The van der Waals surface area contributed by atoms with Gasteiger partial charge in [-0.3, -0.25) is 14.2 Å². The highest BCUT2D eigenvalue weighted by Crippen LogP contribution is 2.26. The molecule has 208 valence electrons. The molecule has 0 saturated heterocycles. The topological polar surface area (TPSA) is 120 Å². The number of aryl methyl sites for hydroxylation is 1. The fourth-order valence-electron chi connectivity index (χ4n) is 5.25. The molecule has 3 N–H and O–H groups in total. The van der Waals surface area contributed by atoms with Gasteiger partial charge in [-0.25, -0.2) is 14.7 Å². The van der Waals surface area contributed by atoms with Crippen molar-refractivity contribution in [2.45, 2.75) is 45.1 Å². The lowest BCUT2D eigenvalue weighted by atomic mass is 9.89. The van der Waals surface area contributed by atoms with Gasteiger partial charge in [0.05, 0.1) is 22.6 Å². The molecule has 9 heteroatoms. The SMILES string of the molecule is C=C/C=N\c1c(C(=O)NC(C)c2nc3cccc(C#CC4CCCCC4)c3c(=O)n2-c2ccccc2)c(N)nn1C. The molecule has 0 bridgehead atoms. The quantitative estimate of drug-likeness (QED) is 0.260. The third-order valence-electron chi connectivity index (χ3n) is 7.26. The van der Waals surface area contributed by atoms with Gasteiger partial charge in [-0.2, -0.15) is 5.10 Å². The van der Waals surface area contributed by atoms with Crippen LogP contribution in [0.15, 0.2) is 71.0 Å². The van der Waals surface area contributed by atoms with Crippen molar-refractivity contribution in [2.75, 3.05) is 5.73 Å². The van der Waals surface area contributed by atoms with Crippen molar-refractivity contribution in [3.8, 4) is 17.5 Å². The molecule has 2 aromatic carbocycles. The third-order valence-corrected chi connectivity index (χ3v) is 7.26. The molecule has 1 saturated carbocycles. The maximum absolute atomic E-state index is 14.2. The molecule has 1 aliphatic rings.